The van der Waals surface area contributed by atoms with E-state index in [0.29, 0.717) is 23.5 Å². The average molecular weight is 447 g/mol. The summed E-state index contributed by atoms with van der Waals surface area (Å²) in [5.74, 6) is 1.45. The maximum atomic E-state index is 13.6. The first-order valence-electron chi connectivity index (χ1n) is 12.3. The second-order valence-electron chi connectivity index (χ2n) is 9.57. The van der Waals surface area contributed by atoms with Crippen molar-refractivity contribution in [3.63, 3.8) is 0 Å². The smallest absolute Gasteiger partial charge is 0.266 e. The van der Waals surface area contributed by atoms with Crippen LogP contribution < -0.4 is 9.47 Å². The van der Waals surface area contributed by atoms with Crippen molar-refractivity contribution >= 4 is 16.8 Å². The maximum absolute atomic E-state index is 13.6. The van der Waals surface area contributed by atoms with Gasteiger partial charge in [0.15, 0.2) is 0 Å². The molecule has 2 heterocycles. The van der Waals surface area contributed by atoms with Gasteiger partial charge in [-0.05, 0) is 94.4 Å². The van der Waals surface area contributed by atoms with E-state index in [1.54, 1.807) is 11.7 Å². The molecule has 1 aromatic heterocycles. The highest BCUT2D eigenvalue weighted by atomic mass is 16.5. The molecule has 33 heavy (non-hydrogen) atoms. The number of carbonyl (C=O) groups is 1. The summed E-state index contributed by atoms with van der Waals surface area (Å²) in [4.78, 5) is 16.0. The summed E-state index contributed by atoms with van der Waals surface area (Å²) in [6.45, 7) is 1.14. The molecule has 1 aliphatic carbocycles. The molecule has 0 unspecified atom stereocenters. The molecule has 1 saturated heterocycles. The highest BCUT2D eigenvalue weighted by molar-refractivity contribution is 6.04. The van der Waals surface area contributed by atoms with E-state index in [1.807, 2.05) is 42.6 Å². The van der Waals surface area contributed by atoms with Gasteiger partial charge in [0.1, 0.15) is 11.5 Å². The molecule has 0 amide bonds. The molecule has 0 N–H and O–H groups in total. The lowest BCUT2D eigenvalue weighted by Gasteiger charge is -2.23. The number of fused-ring (bicyclic) bond motifs is 1. The Labute approximate surface area is 196 Å². The molecule has 0 radical (unpaired) electrons. The molecule has 5 nitrogen and oxygen atoms in total. The van der Waals surface area contributed by atoms with Crippen LogP contribution in [0.4, 0.5) is 0 Å². The number of likely N-dealkylation sites (tertiary alicyclic amines) is 1. The van der Waals surface area contributed by atoms with E-state index in [4.69, 9.17) is 9.47 Å². The zero-order chi connectivity index (χ0) is 22.8. The van der Waals surface area contributed by atoms with Crippen LogP contribution in [0.25, 0.3) is 10.9 Å². The van der Waals surface area contributed by atoms with Gasteiger partial charge >= 0.3 is 0 Å². The first-order valence-corrected chi connectivity index (χ1v) is 12.3. The Bertz CT molecular complexity index is 1130. The molecular weight excluding hydrogens is 412 g/mol. The van der Waals surface area contributed by atoms with E-state index in [1.165, 1.54) is 37.7 Å². The second kappa shape index (κ2) is 9.60. The molecule has 2 aromatic carbocycles. The highest BCUT2D eigenvalue weighted by Crippen LogP contribution is 2.32. The van der Waals surface area contributed by atoms with Crippen LogP contribution in [-0.4, -0.2) is 48.2 Å². The van der Waals surface area contributed by atoms with Gasteiger partial charge in [-0.1, -0.05) is 18.6 Å². The van der Waals surface area contributed by atoms with E-state index in [9.17, 15) is 4.79 Å². The quantitative estimate of drug-likeness (QED) is 0.488. The van der Waals surface area contributed by atoms with Crippen LogP contribution in [0.2, 0.25) is 0 Å². The number of benzene rings is 2. The van der Waals surface area contributed by atoms with Crippen LogP contribution in [0.5, 0.6) is 11.5 Å². The number of methoxy groups -OCH3 is 1. The summed E-state index contributed by atoms with van der Waals surface area (Å²) in [5, 5.41) is 1.12. The average Bonchev–Trinajstić information content (AvgIpc) is 3.42. The summed E-state index contributed by atoms with van der Waals surface area (Å²) < 4.78 is 13.6. The van der Waals surface area contributed by atoms with Crippen LogP contribution in [0, 0.1) is 0 Å². The molecule has 0 bridgehead atoms. The van der Waals surface area contributed by atoms with Gasteiger partial charge in [-0.3, -0.25) is 9.36 Å². The molecule has 1 saturated carbocycles. The Hall–Kier alpha value is -2.79. The molecule has 3 aromatic rings. The first kappa shape index (κ1) is 22.0. The zero-order valence-electron chi connectivity index (χ0n) is 19.8. The van der Waals surface area contributed by atoms with E-state index in [0.717, 1.165) is 42.5 Å². The molecular formula is C28H34N2O3. The van der Waals surface area contributed by atoms with Crippen molar-refractivity contribution in [3.05, 3.63) is 59.8 Å². The number of ether oxygens (including phenoxy) is 2. The van der Waals surface area contributed by atoms with Crippen molar-refractivity contribution in [1.82, 2.24) is 9.47 Å². The number of aromatic nitrogens is 1. The van der Waals surface area contributed by atoms with Gasteiger partial charge < -0.3 is 14.4 Å². The lowest BCUT2D eigenvalue weighted by molar-refractivity contribution is 0.0961. The summed E-state index contributed by atoms with van der Waals surface area (Å²) >= 11 is 0. The molecule has 5 rings (SSSR count). The van der Waals surface area contributed by atoms with E-state index in [-0.39, 0.29) is 5.91 Å². The van der Waals surface area contributed by atoms with Crippen molar-refractivity contribution in [2.75, 3.05) is 20.7 Å². The third kappa shape index (κ3) is 4.51. The van der Waals surface area contributed by atoms with Crippen molar-refractivity contribution < 1.29 is 14.3 Å². The molecule has 1 aliphatic heterocycles. The first-order chi connectivity index (χ1) is 16.1. The third-order valence-electron chi connectivity index (χ3n) is 7.40. The topological polar surface area (TPSA) is 43.7 Å². The number of hydrogen-bond acceptors (Lipinski definition) is 4. The predicted molar refractivity (Wildman–Crippen MR) is 132 cm³/mol. The number of rotatable bonds is 6. The largest absolute Gasteiger partial charge is 0.496 e. The van der Waals surface area contributed by atoms with Crippen LogP contribution in [-0.2, 0) is 6.42 Å². The standard InChI is InChI=1S/C28H34N2O3/c1-29-16-8-9-21(29)17-20-19-30(28(31)24-12-6-7-13-27(24)32-2)26-15-14-23(18-25(20)26)33-22-10-4-3-5-11-22/h6-7,12-15,18-19,21-22H,3-5,8-11,16-17H2,1-2H3/t21-/m1/s1. The van der Waals surface area contributed by atoms with Crippen molar-refractivity contribution in [3.8, 4) is 11.5 Å². The fraction of sp³-hybridized carbons (Fsp3) is 0.464. The highest BCUT2D eigenvalue weighted by Gasteiger charge is 2.25. The van der Waals surface area contributed by atoms with Gasteiger partial charge in [0.25, 0.3) is 5.91 Å². The van der Waals surface area contributed by atoms with E-state index in [2.05, 4.69) is 18.0 Å². The Morgan fingerprint density at radius 2 is 1.85 bits per heavy atom. The zero-order valence-corrected chi connectivity index (χ0v) is 19.8. The van der Waals surface area contributed by atoms with Crippen molar-refractivity contribution in [2.24, 2.45) is 0 Å². The van der Waals surface area contributed by atoms with E-state index < -0.39 is 0 Å². The van der Waals surface area contributed by atoms with Gasteiger partial charge in [0, 0.05) is 17.6 Å². The fourth-order valence-corrected chi connectivity index (χ4v) is 5.50. The summed E-state index contributed by atoms with van der Waals surface area (Å²) in [6.07, 6.45) is 11.8. The number of nitrogens with zero attached hydrogens (tertiary/aromatic N) is 2. The second-order valence-corrected chi connectivity index (χ2v) is 9.57. The van der Waals surface area contributed by atoms with E-state index >= 15 is 0 Å². The van der Waals surface area contributed by atoms with Crippen LogP contribution in [0.1, 0.15) is 60.9 Å². The molecule has 174 valence electrons. The van der Waals surface area contributed by atoms with Gasteiger partial charge in [-0.2, -0.15) is 0 Å². The Balaban J connectivity index is 1.53. The normalized spacial score (nSPS) is 19.8. The predicted octanol–water partition coefficient (Wildman–Crippen LogP) is 5.69. The van der Waals surface area contributed by atoms with Crippen LogP contribution in [0.15, 0.2) is 48.7 Å². The summed E-state index contributed by atoms with van der Waals surface area (Å²) in [5.41, 5.74) is 2.71. The number of para-hydroxylation sites is 1. The Morgan fingerprint density at radius 1 is 1.03 bits per heavy atom. The summed E-state index contributed by atoms with van der Waals surface area (Å²) in [7, 11) is 3.81. The van der Waals surface area contributed by atoms with Crippen molar-refractivity contribution in [1.29, 1.82) is 0 Å². The number of hydrogen-bond donors (Lipinski definition) is 0. The minimum atomic E-state index is -0.0653. The molecule has 5 heteroatoms. The minimum Gasteiger partial charge on any atom is -0.496 e. The van der Waals surface area contributed by atoms with Gasteiger partial charge in [-0.15, -0.1) is 0 Å². The SMILES string of the molecule is COc1ccccc1C(=O)n1cc(C[C@H]2CCCN2C)c2cc(OC3CCCCC3)ccc21. The lowest BCUT2D eigenvalue weighted by atomic mass is 9.98. The number of likely N-dealkylation sites (N-methyl/N-ethyl adjacent to an activating group) is 1. The summed E-state index contributed by atoms with van der Waals surface area (Å²) in [6, 6.07) is 14.2. The molecule has 2 aliphatic rings. The molecule has 2 fully saturated rings. The van der Waals surface area contributed by atoms with Gasteiger partial charge in [0.05, 0.1) is 24.3 Å². The molecule has 1 atom stereocenters. The third-order valence-corrected chi connectivity index (χ3v) is 7.40. The Kier molecular flexibility index (Phi) is 6.41. The van der Waals surface area contributed by atoms with Gasteiger partial charge in [0.2, 0.25) is 0 Å². The number of carbonyl (C=O) groups excluding carboxylic acids is 1. The van der Waals surface area contributed by atoms with Crippen LogP contribution in [0.3, 0.4) is 0 Å². The minimum absolute atomic E-state index is 0.0653. The van der Waals surface area contributed by atoms with Gasteiger partial charge in [-0.25, -0.2) is 0 Å². The van der Waals surface area contributed by atoms with Crippen LogP contribution >= 0.6 is 0 Å². The lowest BCUT2D eigenvalue weighted by Crippen LogP contribution is -2.26. The monoisotopic (exact) mass is 446 g/mol. The maximum Gasteiger partial charge on any atom is 0.266 e. The molecule has 0 spiro atoms. The Morgan fingerprint density at radius 3 is 2.61 bits per heavy atom. The fourth-order valence-electron chi connectivity index (χ4n) is 5.50. The van der Waals surface area contributed by atoms with Crippen molar-refractivity contribution in [2.45, 2.75) is 63.5 Å².